The lowest BCUT2D eigenvalue weighted by molar-refractivity contribution is -0.169. The van der Waals surface area contributed by atoms with Crippen molar-refractivity contribution in [3.8, 4) is 18.1 Å². The third kappa shape index (κ3) is 1.93. The Morgan fingerprint density at radius 1 is 1.26 bits per heavy atom. The molecule has 2 aliphatic heterocycles. The van der Waals surface area contributed by atoms with Crippen molar-refractivity contribution in [1.29, 1.82) is 0 Å². The van der Waals surface area contributed by atoms with Gasteiger partial charge in [-0.25, -0.2) is 0 Å². The second-order valence-electron chi connectivity index (χ2n) is 6.30. The Bertz CT molecular complexity index is 540. The van der Waals surface area contributed by atoms with Crippen molar-refractivity contribution >= 4 is 0 Å². The Balaban J connectivity index is 2.06. The van der Waals surface area contributed by atoms with E-state index in [2.05, 4.69) is 25.8 Å². The first kappa shape index (κ1) is 12.6. The highest BCUT2D eigenvalue weighted by molar-refractivity contribution is 5.39. The summed E-state index contributed by atoms with van der Waals surface area (Å²) in [6.07, 6.45) is 7.60. The normalized spacial score (nSPS) is 35.5. The van der Waals surface area contributed by atoms with E-state index in [1.165, 1.54) is 0 Å². The second kappa shape index (κ2) is 4.02. The molecular formula is C17H20O2. The van der Waals surface area contributed by atoms with Gasteiger partial charge in [-0.1, -0.05) is 24.1 Å². The fourth-order valence-corrected chi connectivity index (χ4v) is 3.27. The van der Waals surface area contributed by atoms with Gasteiger partial charge in [0.2, 0.25) is 0 Å². The standard InChI is InChI=1S/C17H20O2/c1-5-17(4)11-10-13-15(19-17)12-8-6-7-9-14(12)18-16(13,2)3/h1,6-9,13,15H,10-11H2,2-4H3/t13-,15-,17-/m0/s1. The van der Waals surface area contributed by atoms with Crippen LogP contribution in [0.25, 0.3) is 0 Å². The molecule has 2 heterocycles. The largest absolute Gasteiger partial charge is 0.487 e. The minimum absolute atomic E-state index is 0.0368. The number of hydrogen-bond donors (Lipinski definition) is 0. The van der Waals surface area contributed by atoms with Gasteiger partial charge in [-0.05, 0) is 39.7 Å². The van der Waals surface area contributed by atoms with Crippen molar-refractivity contribution in [3.63, 3.8) is 0 Å². The van der Waals surface area contributed by atoms with E-state index in [1.807, 2.05) is 25.1 Å². The number of fused-ring (bicyclic) bond motifs is 3. The highest BCUT2D eigenvalue weighted by Gasteiger charge is 2.49. The van der Waals surface area contributed by atoms with Crippen molar-refractivity contribution in [2.75, 3.05) is 0 Å². The molecule has 100 valence electrons. The molecule has 2 aliphatic rings. The number of rotatable bonds is 0. The van der Waals surface area contributed by atoms with Gasteiger partial charge in [0.15, 0.2) is 0 Å². The fourth-order valence-electron chi connectivity index (χ4n) is 3.27. The van der Waals surface area contributed by atoms with Crippen LogP contribution in [0.3, 0.4) is 0 Å². The van der Waals surface area contributed by atoms with E-state index in [-0.39, 0.29) is 11.7 Å². The van der Waals surface area contributed by atoms with E-state index in [0.29, 0.717) is 5.92 Å². The molecule has 0 spiro atoms. The molecule has 0 aromatic heterocycles. The Morgan fingerprint density at radius 3 is 2.74 bits per heavy atom. The van der Waals surface area contributed by atoms with Crippen LogP contribution in [-0.4, -0.2) is 11.2 Å². The highest BCUT2D eigenvalue weighted by atomic mass is 16.5. The molecule has 0 amide bonds. The molecule has 2 nitrogen and oxygen atoms in total. The molecule has 2 heteroatoms. The van der Waals surface area contributed by atoms with Gasteiger partial charge in [0.25, 0.3) is 0 Å². The van der Waals surface area contributed by atoms with Crippen molar-refractivity contribution in [2.45, 2.75) is 50.9 Å². The smallest absolute Gasteiger partial charge is 0.126 e. The van der Waals surface area contributed by atoms with E-state index in [9.17, 15) is 0 Å². The van der Waals surface area contributed by atoms with E-state index >= 15 is 0 Å². The predicted molar refractivity (Wildman–Crippen MR) is 74.9 cm³/mol. The lowest BCUT2D eigenvalue weighted by atomic mass is 9.73. The summed E-state index contributed by atoms with van der Waals surface area (Å²) in [6, 6.07) is 8.13. The molecular weight excluding hydrogens is 236 g/mol. The van der Waals surface area contributed by atoms with Gasteiger partial charge < -0.3 is 9.47 Å². The van der Waals surface area contributed by atoms with Gasteiger partial charge >= 0.3 is 0 Å². The van der Waals surface area contributed by atoms with Crippen LogP contribution in [0.1, 0.15) is 45.3 Å². The summed E-state index contributed by atoms with van der Waals surface area (Å²) in [5.41, 5.74) is 0.462. The molecule has 3 atom stereocenters. The number of para-hydroxylation sites is 1. The van der Waals surface area contributed by atoms with Gasteiger partial charge in [-0.3, -0.25) is 0 Å². The Labute approximate surface area is 115 Å². The third-order valence-electron chi connectivity index (χ3n) is 4.48. The summed E-state index contributed by atoms with van der Waals surface area (Å²) >= 11 is 0. The Morgan fingerprint density at radius 2 is 2.00 bits per heavy atom. The molecule has 19 heavy (non-hydrogen) atoms. The molecule has 3 rings (SSSR count). The first-order valence-corrected chi connectivity index (χ1v) is 6.89. The molecule has 0 N–H and O–H groups in total. The number of hydrogen-bond acceptors (Lipinski definition) is 2. The summed E-state index contributed by atoms with van der Waals surface area (Å²) in [5.74, 6) is 4.09. The molecule has 0 unspecified atom stereocenters. The maximum atomic E-state index is 6.27. The van der Waals surface area contributed by atoms with Crippen LogP contribution in [0.4, 0.5) is 0 Å². The third-order valence-corrected chi connectivity index (χ3v) is 4.48. The van der Waals surface area contributed by atoms with Crippen LogP contribution < -0.4 is 4.74 Å². The van der Waals surface area contributed by atoms with Crippen LogP contribution in [0, 0.1) is 18.3 Å². The zero-order chi connectivity index (χ0) is 13.7. The summed E-state index contributed by atoms with van der Waals surface area (Å²) in [5, 5.41) is 0. The van der Waals surface area contributed by atoms with Crippen LogP contribution in [-0.2, 0) is 4.74 Å². The molecule has 0 saturated carbocycles. The summed E-state index contributed by atoms with van der Waals surface area (Å²) in [4.78, 5) is 0. The molecule has 0 radical (unpaired) electrons. The first-order valence-electron chi connectivity index (χ1n) is 6.89. The van der Waals surface area contributed by atoms with Crippen molar-refractivity contribution < 1.29 is 9.47 Å². The zero-order valence-electron chi connectivity index (χ0n) is 11.8. The van der Waals surface area contributed by atoms with Crippen LogP contribution in [0.5, 0.6) is 5.75 Å². The fraction of sp³-hybridized carbons (Fsp3) is 0.529. The molecule has 1 saturated heterocycles. The minimum atomic E-state index is -0.457. The number of terminal acetylenes is 1. The average molecular weight is 256 g/mol. The van der Waals surface area contributed by atoms with E-state index in [4.69, 9.17) is 15.9 Å². The van der Waals surface area contributed by atoms with Crippen molar-refractivity contribution in [3.05, 3.63) is 29.8 Å². The maximum absolute atomic E-state index is 6.27. The van der Waals surface area contributed by atoms with Crippen LogP contribution in [0.15, 0.2) is 24.3 Å². The first-order chi connectivity index (χ1) is 8.95. The second-order valence-corrected chi connectivity index (χ2v) is 6.30. The van der Waals surface area contributed by atoms with E-state index < -0.39 is 5.60 Å². The van der Waals surface area contributed by atoms with Gasteiger partial charge in [0, 0.05) is 11.5 Å². The number of benzene rings is 1. The SMILES string of the molecule is C#C[C@@]1(C)CC[C@H]2[C@@H](O1)c1ccccc1OC2(C)C. The highest BCUT2D eigenvalue weighted by Crippen LogP contribution is 2.52. The van der Waals surface area contributed by atoms with Crippen LogP contribution >= 0.6 is 0 Å². The monoisotopic (exact) mass is 256 g/mol. The molecule has 0 bridgehead atoms. The van der Waals surface area contributed by atoms with Gasteiger partial charge in [0.1, 0.15) is 17.0 Å². The summed E-state index contributed by atoms with van der Waals surface area (Å²) < 4.78 is 12.4. The molecule has 1 aromatic carbocycles. The molecule has 0 aliphatic carbocycles. The average Bonchev–Trinajstić information content (AvgIpc) is 2.38. The quantitative estimate of drug-likeness (QED) is 0.659. The number of ether oxygens (including phenoxy) is 2. The van der Waals surface area contributed by atoms with Crippen molar-refractivity contribution in [1.82, 2.24) is 0 Å². The van der Waals surface area contributed by atoms with Gasteiger partial charge in [-0.2, -0.15) is 0 Å². The topological polar surface area (TPSA) is 18.5 Å². The van der Waals surface area contributed by atoms with Gasteiger partial charge in [-0.15, -0.1) is 6.42 Å². The lowest BCUT2D eigenvalue weighted by Crippen LogP contribution is -2.50. The Hall–Kier alpha value is -1.46. The Kier molecular flexibility index (Phi) is 2.66. The van der Waals surface area contributed by atoms with Gasteiger partial charge in [0.05, 0.1) is 6.10 Å². The molecule has 1 fully saturated rings. The van der Waals surface area contributed by atoms with E-state index in [1.54, 1.807) is 0 Å². The summed E-state index contributed by atoms with van der Waals surface area (Å²) in [7, 11) is 0. The van der Waals surface area contributed by atoms with E-state index in [0.717, 1.165) is 24.2 Å². The lowest BCUT2D eigenvalue weighted by Gasteiger charge is -2.50. The molecule has 1 aromatic rings. The summed E-state index contributed by atoms with van der Waals surface area (Å²) in [6.45, 7) is 6.29. The van der Waals surface area contributed by atoms with Crippen molar-refractivity contribution in [2.24, 2.45) is 5.92 Å². The minimum Gasteiger partial charge on any atom is -0.487 e. The zero-order valence-corrected chi connectivity index (χ0v) is 11.8. The predicted octanol–water partition coefficient (Wildman–Crippen LogP) is 3.72. The maximum Gasteiger partial charge on any atom is 0.126 e. The van der Waals surface area contributed by atoms with Crippen LogP contribution in [0.2, 0.25) is 0 Å².